The van der Waals surface area contributed by atoms with Crippen molar-refractivity contribution in [2.45, 2.75) is 13.1 Å². The minimum atomic E-state index is 0.804. The third-order valence-electron chi connectivity index (χ3n) is 2.71. The van der Waals surface area contributed by atoms with Crippen LogP contribution in [-0.4, -0.2) is 19.8 Å². The molecule has 0 aliphatic rings. The number of H-pyrrole nitrogens is 1. The molecule has 0 amide bonds. The SMILES string of the molecule is c1ccn2ncc(CNCc3cn[nH]c3)c2c1. The van der Waals surface area contributed by atoms with Gasteiger partial charge in [0.25, 0.3) is 0 Å². The summed E-state index contributed by atoms with van der Waals surface area (Å²) in [7, 11) is 0. The van der Waals surface area contributed by atoms with E-state index in [9.17, 15) is 0 Å². The molecule has 5 heteroatoms. The van der Waals surface area contributed by atoms with Crippen molar-refractivity contribution in [3.05, 3.63) is 54.1 Å². The topological polar surface area (TPSA) is 58.0 Å². The van der Waals surface area contributed by atoms with Gasteiger partial charge in [0, 0.05) is 36.6 Å². The van der Waals surface area contributed by atoms with E-state index in [0.717, 1.165) is 24.2 Å². The van der Waals surface area contributed by atoms with E-state index in [0.29, 0.717) is 0 Å². The maximum atomic E-state index is 4.29. The average Bonchev–Trinajstić information content (AvgIpc) is 2.99. The summed E-state index contributed by atoms with van der Waals surface area (Å²) in [6.07, 6.45) is 7.57. The minimum Gasteiger partial charge on any atom is -0.308 e. The summed E-state index contributed by atoms with van der Waals surface area (Å²) in [6, 6.07) is 6.07. The van der Waals surface area contributed by atoms with Crippen molar-refractivity contribution >= 4 is 5.52 Å². The number of rotatable bonds is 4. The van der Waals surface area contributed by atoms with Crippen LogP contribution in [0.5, 0.6) is 0 Å². The lowest BCUT2D eigenvalue weighted by Crippen LogP contribution is -2.11. The zero-order valence-electron chi connectivity index (χ0n) is 9.30. The molecule has 5 nitrogen and oxygen atoms in total. The summed E-state index contributed by atoms with van der Waals surface area (Å²) in [4.78, 5) is 0. The van der Waals surface area contributed by atoms with Gasteiger partial charge in [0.15, 0.2) is 0 Å². The highest BCUT2D eigenvalue weighted by molar-refractivity contribution is 5.53. The molecule has 0 atom stereocenters. The van der Waals surface area contributed by atoms with Crippen molar-refractivity contribution in [3.63, 3.8) is 0 Å². The molecule has 0 fully saturated rings. The molecular formula is C12H13N5. The largest absolute Gasteiger partial charge is 0.308 e. The first-order valence-corrected chi connectivity index (χ1v) is 5.53. The fourth-order valence-corrected chi connectivity index (χ4v) is 1.84. The van der Waals surface area contributed by atoms with Gasteiger partial charge >= 0.3 is 0 Å². The van der Waals surface area contributed by atoms with Crippen molar-refractivity contribution in [2.75, 3.05) is 0 Å². The van der Waals surface area contributed by atoms with Crippen molar-refractivity contribution in [2.24, 2.45) is 0 Å². The van der Waals surface area contributed by atoms with Crippen LogP contribution in [0.15, 0.2) is 43.0 Å². The Morgan fingerprint density at radius 1 is 1.24 bits per heavy atom. The third kappa shape index (κ3) is 2.05. The van der Waals surface area contributed by atoms with Gasteiger partial charge in [-0.1, -0.05) is 6.07 Å². The van der Waals surface area contributed by atoms with Crippen LogP contribution >= 0.6 is 0 Å². The molecule has 0 aromatic carbocycles. The molecule has 3 rings (SSSR count). The summed E-state index contributed by atoms with van der Waals surface area (Å²) in [5, 5.41) is 14.4. The number of hydrogen-bond donors (Lipinski definition) is 2. The normalized spacial score (nSPS) is 11.1. The van der Waals surface area contributed by atoms with Crippen LogP contribution in [0.3, 0.4) is 0 Å². The van der Waals surface area contributed by atoms with Gasteiger partial charge in [-0.2, -0.15) is 10.2 Å². The second-order valence-corrected chi connectivity index (χ2v) is 3.91. The zero-order chi connectivity index (χ0) is 11.5. The molecule has 0 saturated heterocycles. The monoisotopic (exact) mass is 227 g/mol. The standard InChI is InChI=1S/C12H13N5/c1-2-4-17-12(3-1)11(9-16-17)8-13-5-10-6-14-15-7-10/h1-4,6-7,9,13H,5,8H2,(H,14,15). The molecule has 0 bridgehead atoms. The van der Waals surface area contributed by atoms with Gasteiger partial charge in [-0.25, -0.2) is 4.52 Å². The fourth-order valence-electron chi connectivity index (χ4n) is 1.84. The summed E-state index contributed by atoms with van der Waals surface area (Å²) in [5.41, 5.74) is 3.50. The van der Waals surface area contributed by atoms with Crippen LogP contribution in [0.2, 0.25) is 0 Å². The van der Waals surface area contributed by atoms with Crippen molar-refractivity contribution in [1.29, 1.82) is 0 Å². The lowest BCUT2D eigenvalue weighted by molar-refractivity contribution is 0.696. The molecule has 17 heavy (non-hydrogen) atoms. The highest BCUT2D eigenvalue weighted by atomic mass is 15.2. The Hall–Kier alpha value is -2.14. The van der Waals surface area contributed by atoms with Crippen molar-refractivity contribution in [3.8, 4) is 0 Å². The smallest absolute Gasteiger partial charge is 0.0706 e. The lowest BCUT2D eigenvalue weighted by atomic mass is 10.2. The molecular weight excluding hydrogens is 214 g/mol. The Balaban J connectivity index is 1.69. The first kappa shape index (κ1) is 10.0. The van der Waals surface area contributed by atoms with Crippen LogP contribution in [0, 0.1) is 0 Å². The van der Waals surface area contributed by atoms with E-state index in [4.69, 9.17) is 0 Å². The van der Waals surface area contributed by atoms with Gasteiger partial charge in [0.2, 0.25) is 0 Å². The Morgan fingerprint density at radius 2 is 2.24 bits per heavy atom. The van der Waals surface area contributed by atoms with E-state index in [1.165, 1.54) is 5.56 Å². The summed E-state index contributed by atoms with van der Waals surface area (Å²) < 4.78 is 1.88. The fraction of sp³-hybridized carbons (Fsp3) is 0.167. The molecule has 0 unspecified atom stereocenters. The molecule has 0 saturated carbocycles. The Morgan fingerprint density at radius 3 is 3.12 bits per heavy atom. The van der Waals surface area contributed by atoms with E-state index >= 15 is 0 Å². The van der Waals surface area contributed by atoms with Crippen LogP contribution in [-0.2, 0) is 13.1 Å². The first-order valence-electron chi connectivity index (χ1n) is 5.53. The Kier molecular flexibility index (Phi) is 2.59. The van der Waals surface area contributed by atoms with E-state index in [-0.39, 0.29) is 0 Å². The quantitative estimate of drug-likeness (QED) is 0.707. The summed E-state index contributed by atoms with van der Waals surface area (Å²) >= 11 is 0. The van der Waals surface area contributed by atoms with Crippen LogP contribution < -0.4 is 5.32 Å². The van der Waals surface area contributed by atoms with Crippen LogP contribution in [0.1, 0.15) is 11.1 Å². The lowest BCUT2D eigenvalue weighted by Gasteiger charge is -2.01. The predicted octanol–water partition coefficient (Wildman–Crippen LogP) is 1.35. The van der Waals surface area contributed by atoms with Crippen LogP contribution in [0.25, 0.3) is 5.52 Å². The highest BCUT2D eigenvalue weighted by Crippen LogP contribution is 2.09. The molecule has 3 aromatic rings. The van der Waals surface area contributed by atoms with Gasteiger partial charge in [0.05, 0.1) is 17.9 Å². The molecule has 0 aliphatic carbocycles. The number of nitrogens with one attached hydrogen (secondary N) is 2. The number of nitrogens with zero attached hydrogens (tertiary/aromatic N) is 3. The maximum Gasteiger partial charge on any atom is 0.0706 e. The number of aromatic nitrogens is 4. The molecule has 2 N–H and O–H groups in total. The zero-order valence-corrected chi connectivity index (χ0v) is 9.30. The van der Waals surface area contributed by atoms with Gasteiger partial charge in [-0.3, -0.25) is 5.10 Å². The Labute approximate surface area is 98.5 Å². The van der Waals surface area contributed by atoms with Gasteiger partial charge in [-0.05, 0) is 12.1 Å². The second-order valence-electron chi connectivity index (χ2n) is 3.91. The van der Waals surface area contributed by atoms with E-state index in [1.54, 1.807) is 0 Å². The second kappa shape index (κ2) is 4.39. The molecule has 0 aliphatic heterocycles. The van der Waals surface area contributed by atoms with Crippen LogP contribution in [0.4, 0.5) is 0 Å². The molecule has 3 heterocycles. The Bertz CT molecular complexity index is 596. The average molecular weight is 227 g/mol. The van der Waals surface area contributed by atoms with E-state index < -0.39 is 0 Å². The molecule has 3 aromatic heterocycles. The first-order chi connectivity index (χ1) is 8.43. The van der Waals surface area contributed by atoms with Gasteiger partial charge in [-0.15, -0.1) is 0 Å². The van der Waals surface area contributed by atoms with Gasteiger partial charge in [0.1, 0.15) is 0 Å². The number of pyridine rings is 1. The molecule has 0 spiro atoms. The predicted molar refractivity (Wildman–Crippen MR) is 64.3 cm³/mol. The van der Waals surface area contributed by atoms with Crippen molar-refractivity contribution in [1.82, 2.24) is 25.1 Å². The number of fused-ring (bicyclic) bond motifs is 1. The van der Waals surface area contributed by atoms with E-state index in [2.05, 4.69) is 26.7 Å². The number of aromatic amines is 1. The minimum absolute atomic E-state index is 0.804. The third-order valence-corrected chi connectivity index (χ3v) is 2.71. The molecule has 0 radical (unpaired) electrons. The van der Waals surface area contributed by atoms with E-state index in [1.807, 2.05) is 41.4 Å². The number of hydrogen-bond acceptors (Lipinski definition) is 3. The summed E-state index contributed by atoms with van der Waals surface area (Å²) in [6.45, 7) is 1.61. The maximum absolute atomic E-state index is 4.29. The van der Waals surface area contributed by atoms with Gasteiger partial charge < -0.3 is 5.32 Å². The highest BCUT2D eigenvalue weighted by Gasteiger charge is 2.02. The summed E-state index contributed by atoms with van der Waals surface area (Å²) in [5.74, 6) is 0. The molecule has 86 valence electrons. The van der Waals surface area contributed by atoms with Crippen molar-refractivity contribution < 1.29 is 0 Å².